The molecule has 0 unspecified atom stereocenters. The Hall–Kier alpha value is -0.900. The third-order valence-electron chi connectivity index (χ3n) is 5.66. The highest BCUT2D eigenvalue weighted by molar-refractivity contribution is 5.98. The van der Waals surface area contributed by atoms with E-state index in [4.69, 9.17) is 5.11 Å². The maximum absolute atomic E-state index is 12.4. The molecule has 0 aromatic carbocycles. The van der Waals surface area contributed by atoms with E-state index in [2.05, 4.69) is 0 Å². The summed E-state index contributed by atoms with van der Waals surface area (Å²) in [5.41, 5.74) is 0.0216. The van der Waals surface area contributed by atoms with Gasteiger partial charge in [0.25, 0.3) is 0 Å². The van der Waals surface area contributed by atoms with E-state index in [1.54, 1.807) is 0 Å². The average molecular weight is 279 g/mol. The van der Waals surface area contributed by atoms with E-state index in [1.165, 1.54) is 11.3 Å². The summed E-state index contributed by atoms with van der Waals surface area (Å²) < 4.78 is 0. The highest BCUT2D eigenvalue weighted by Crippen LogP contribution is 2.51. The second-order valence-electron chi connectivity index (χ2n) is 7.26. The molecule has 2 saturated carbocycles. The topological polar surface area (TPSA) is 57.6 Å². The normalized spacial score (nSPS) is 27.9. The monoisotopic (exact) mass is 279 g/mol. The Morgan fingerprint density at radius 1 is 0.950 bits per heavy atom. The van der Waals surface area contributed by atoms with Crippen LogP contribution in [0, 0.1) is 10.8 Å². The number of aliphatic hydroxyl groups excluding tert-OH is 1. The van der Waals surface area contributed by atoms with Gasteiger partial charge in [-0.2, -0.15) is 0 Å². The third-order valence-corrected chi connectivity index (χ3v) is 5.66. The van der Waals surface area contributed by atoms with E-state index in [-0.39, 0.29) is 29.3 Å². The maximum Gasteiger partial charge on any atom is 0.229 e. The highest BCUT2D eigenvalue weighted by atomic mass is 16.3. The summed E-state index contributed by atoms with van der Waals surface area (Å²) in [6.07, 6.45) is 9.57. The molecule has 2 amide bonds. The lowest BCUT2D eigenvalue weighted by molar-refractivity contribution is -0.155. The van der Waals surface area contributed by atoms with Crippen LogP contribution >= 0.6 is 0 Å². The molecule has 0 aromatic rings. The quantitative estimate of drug-likeness (QED) is 0.803. The first-order chi connectivity index (χ1) is 9.58. The van der Waals surface area contributed by atoms with Gasteiger partial charge >= 0.3 is 0 Å². The van der Waals surface area contributed by atoms with Gasteiger partial charge in [0.1, 0.15) is 0 Å². The number of hydrogen-bond donors (Lipinski definition) is 1. The zero-order chi connectivity index (χ0) is 14.2. The lowest BCUT2D eigenvalue weighted by Crippen LogP contribution is -2.50. The number of imide groups is 1. The van der Waals surface area contributed by atoms with Crippen LogP contribution in [-0.2, 0) is 9.59 Å². The van der Waals surface area contributed by atoms with Crippen LogP contribution in [0.5, 0.6) is 0 Å². The predicted molar refractivity (Wildman–Crippen MR) is 74.8 cm³/mol. The van der Waals surface area contributed by atoms with Gasteiger partial charge in [-0.15, -0.1) is 0 Å². The first kappa shape index (κ1) is 14.1. The summed E-state index contributed by atoms with van der Waals surface area (Å²) in [4.78, 5) is 26.4. The molecule has 1 aliphatic heterocycles. The molecule has 1 spiro atoms. The van der Waals surface area contributed by atoms with Crippen molar-refractivity contribution in [3.05, 3.63) is 0 Å². The van der Waals surface area contributed by atoms with Crippen molar-refractivity contribution in [1.29, 1.82) is 0 Å². The van der Waals surface area contributed by atoms with Crippen LogP contribution in [0.4, 0.5) is 0 Å². The van der Waals surface area contributed by atoms with Crippen molar-refractivity contribution in [2.45, 2.75) is 64.2 Å². The van der Waals surface area contributed by atoms with Crippen molar-refractivity contribution in [2.75, 3.05) is 13.2 Å². The van der Waals surface area contributed by atoms with E-state index in [0.717, 1.165) is 44.9 Å². The molecule has 0 bridgehead atoms. The first-order valence-corrected chi connectivity index (χ1v) is 8.02. The Morgan fingerprint density at radius 3 is 2.05 bits per heavy atom. The molecular weight excluding hydrogens is 254 g/mol. The van der Waals surface area contributed by atoms with Crippen molar-refractivity contribution in [3.8, 4) is 0 Å². The molecule has 112 valence electrons. The minimum atomic E-state index is -0.0173. The molecule has 1 saturated heterocycles. The summed E-state index contributed by atoms with van der Waals surface area (Å²) in [5, 5.41) is 9.11. The lowest BCUT2D eigenvalue weighted by Gasteiger charge is -2.43. The van der Waals surface area contributed by atoms with Crippen molar-refractivity contribution >= 4 is 11.8 Å². The fraction of sp³-hybridized carbons (Fsp3) is 0.875. The SMILES string of the molecule is O=C1CC2(CCCCC2)CC(=O)N1CC1(CCO)CC1. The maximum atomic E-state index is 12.4. The Balaban J connectivity index is 1.66. The summed E-state index contributed by atoms with van der Waals surface area (Å²) in [5.74, 6) is 0.0692. The minimum Gasteiger partial charge on any atom is -0.396 e. The number of carbonyl (C=O) groups excluding carboxylic acids is 2. The highest BCUT2D eigenvalue weighted by Gasteiger charge is 2.49. The summed E-state index contributed by atoms with van der Waals surface area (Å²) >= 11 is 0. The number of hydrogen-bond acceptors (Lipinski definition) is 3. The number of piperidine rings is 1. The zero-order valence-electron chi connectivity index (χ0n) is 12.2. The molecule has 4 nitrogen and oxygen atoms in total. The number of carbonyl (C=O) groups is 2. The van der Waals surface area contributed by atoms with Gasteiger partial charge in [-0.1, -0.05) is 19.3 Å². The molecule has 0 atom stereocenters. The Morgan fingerprint density at radius 2 is 1.55 bits per heavy atom. The molecule has 20 heavy (non-hydrogen) atoms. The standard InChI is InChI=1S/C16H25NO3/c18-9-8-15(6-7-15)12-17-13(19)10-16(11-14(17)20)4-2-1-3-5-16/h18H,1-12H2. The predicted octanol–water partition coefficient (Wildman–Crippen LogP) is 2.25. The molecule has 0 radical (unpaired) electrons. The summed E-state index contributed by atoms with van der Waals surface area (Å²) in [6, 6.07) is 0. The van der Waals surface area contributed by atoms with Crippen molar-refractivity contribution < 1.29 is 14.7 Å². The second-order valence-corrected chi connectivity index (χ2v) is 7.26. The summed E-state index contributed by atoms with van der Waals surface area (Å²) in [6.45, 7) is 0.696. The summed E-state index contributed by atoms with van der Waals surface area (Å²) in [7, 11) is 0. The molecule has 1 heterocycles. The Labute approximate surface area is 120 Å². The van der Waals surface area contributed by atoms with Gasteiger partial charge in [0.05, 0.1) is 0 Å². The van der Waals surface area contributed by atoms with Gasteiger partial charge in [0.15, 0.2) is 0 Å². The molecular formula is C16H25NO3. The van der Waals surface area contributed by atoms with E-state index in [9.17, 15) is 9.59 Å². The minimum absolute atomic E-state index is 0.0173. The van der Waals surface area contributed by atoms with Crippen LogP contribution in [0.1, 0.15) is 64.2 Å². The van der Waals surface area contributed by atoms with Gasteiger partial charge in [-0.3, -0.25) is 14.5 Å². The van der Waals surface area contributed by atoms with Crippen LogP contribution in [0.2, 0.25) is 0 Å². The van der Waals surface area contributed by atoms with Crippen LogP contribution in [0.3, 0.4) is 0 Å². The van der Waals surface area contributed by atoms with E-state index in [0.29, 0.717) is 19.4 Å². The second kappa shape index (κ2) is 5.14. The molecule has 0 aromatic heterocycles. The van der Waals surface area contributed by atoms with Crippen molar-refractivity contribution in [1.82, 2.24) is 4.90 Å². The van der Waals surface area contributed by atoms with Crippen LogP contribution in [0.25, 0.3) is 0 Å². The van der Waals surface area contributed by atoms with E-state index in [1.807, 2.05) is 0 Å². The number of likely N-dealkylation sites (tertiary alicyclic amines) is 1. The molecule has 2 aliphatic carbocycles. The van der Waals surface area contributed by atoms with Crippen LogP contribution in [0.15, 0.2) is 0 Å². The largest absolute Gasteiger partial charge is 0.396 e. The van der Waals surface area contributed by atoms with Gasteiger partial charge < -0.3 is 5.11 Å². The zero-order valence-corrected chi connectivity index (χ0v) is 12.2. The van der Waals surface area contributed by atoms with Crippen molar-refractivity contribution in [3.63, 3.8) is 0 Å². The van der Waals surface area contributed by atoms with Gasteiger partial charge in [0.2, 0.25) is 11.8 Å². The third kappa shape index (κ3) is 2.62. The molecule has 3 aliphatic rings. The molecule has 3 rings (SSSR count). The van der Waals surface area contributed by atoms with Gasteiger partial charge in [0, 0.05) is 26.0 Å². The van der Waals surface area contributed by atoms with Crippen LogP contribution < -0.4 is 0 Å². The number of amides is 2. The number of aliphatic hydroxyl groups is 1. The molecule has 4 heteroatoms. The number of nitrogens with zero attached hydrogens (tertiary/aromatic N) is 1. The molecule has 3 fully saturated rings. The fourth-order valence-electron chi connectivity index (χ4n) is 4.10. The van der Waals surface area contributed by atoms with Gasteiger partial charge in [-0.25, -0.2) is 0 Å². The van der Waals surface area contributed by atoms with E-state index < -0.39 is 0 Å². The smallest absolute Gasteiger partial charge is 0.229 e. The van der Waals surface area contributed by atoms with Gasteiger partial charge in [-0.05, 0) is 42.9 Å². The Bertz CT molecular complexity index is 388. The average Bonchev–Trinajstić information content (AvgIpc) is 3.16. The Kier molecular flexibility index (Phi) is 3.61. The van der Waals surface area contributed by atoms with Crippen molar-refractivity contribution in [2.24, 2.45) is 10.8 Å². The lowest BCUT2D eigenvalue weighted by atomic mass is 9.67. The molecule has 1 N–H and O–H groups in total. The first-order valence-electron chi connectivity index (χ1n) is 8.02. The van der Waals surface area contributed by atoms with Crippen LogP contribution in [-0.4, -0.2) is 35.0 Å². The van der Waals surface area contributed by atoms with E-state index >= 15 is 0 Å². The number of rotatable bonds is 4. The fourth-order valence-corrected chi connectivity index (χ4v) is 4.10.